The summed E-state index contributed by atoms with van der Waals surface area (Å²) >= 11 is 0. The summed E-state index contributed by atoms with van der Waals surface area (Å²) in [6.07, 6.45) is 1.54. The van der Waals surface area contributed by atoms with Crippen molar-refractivity contribution in [3.63, 3.8) is 0 Å². The van der Waals surface area contributed by atoms with Crippen molar-refractivity contribution in [2.24, 2.45) is 10.9 Å². The minimum absolute atomic E-state index is 0.435. The summed E-state index contributed by atoms with van der Waals surface area (Å²) in [5.41, 5.74) is 7.33. The number of benzene rings is 1. The Balaban J connectivity index is 3.14. The lowest BCUT2D eigenvalue weighted by Crippen LogP contribution is -2.13. The normalized spacial score (nSPS) is 10.4. The van der Waals surface area contributed by atoms with Crippen molar-refractivity contribution in [2.45, 2.75) is 6.92 Å². The van der Waals surface area contributed by atoms with Crippen molar-refractivity contribution >= 4 is 12.1 Å². The van der Waals surface area contributed by atoms with E-state index in [4.69, 9.17) is 5.73 Å². The van der Waals surface area contributed by atoms with Crippen molar-refractivity contribution in [3.8, 4) is 0 Å². The number of amides is 1. The first-order valence-electron chi connectivity index (χ1n) is 4.12. The van der Waals surface area contributed by atoms with Crippen LogP contribution in [0.1, 0.15) is 21.5 Å². The van der Waals surface area contributed by atoms with Crippen LogP contribution in [0.25, 0.3) is 0 Å². The van der Waals surface area contributed by atoms with E-state index in [0.29, 0.717) is 5.56 Å². The Morgan fingerprint density at radius 2 is 2.29 bits per heavy atom. The van der Waals surface area contributed by atoms with Gasteiger partial charge in [0.05, 0.1) is 6.21 Å². The van der Waals surface area contributed by atoms with Gasteiger partial charge in [0.1, 0.15) is 7.11 Å². The standard InChI is InChI=1S/C10H12N2O2/c1-7-8(6-12-14-2)4-3-5-9(7)10(11)13/h3-6H,1-2H3,(H2,11,13)/b12-6-. The van der Waals surface area contributed by atoms with Crippen LogP contribution >= 0.6 is 0 Å². The van der Waals surface area contributed by atoms with Crippen molar-refractivity contribution < 1.29 is 9.63 Å². The fraction of sp³-hybridized carbons (Fsp3) is 0.200. The molecule has 0 spiro atoms. The first kappa shape index (κ1) is 10.2. The maximum Gasteiger partial charge on any atom is 0.248 e. The smallest absolute Gasteiger partial charge is 0.248 e. The van der Waals surface area contributed by atoms with E-state index in [9.17, 15) is 4.79 Å². The van der Waals surface area contributed by atoms with Crippen LogP contribution in [0.3, 0.4) is 0 Å². The molecule has 0 saturated carbocycles. The first-order chi connectivity index (χ1) is 6.66. The molecule has 1 aromatic carbocycles. The van der Waals surface area contributed by atoms with Crippen molar-refractivity contribution in [3.05, 3.63) is 34.9 Å². The van der Waals surface area contributed by atoms with E-state index in [2.05, 4.69) is 9.99 Å². The van der Waals surface area contributed by atoms with Gasteiger partial charge in [0.15, 0.2) is 0 Å². The van der Waals surface area contributed by atoms with Gasteiger partial charge in [0.25, 0.3) is 0 Å². The van der Waals surface area contributed by atoms with Crippen LogP contribution in [0.5, 0.6) is 0 Å². The fourth-order valence-electron chi connectivity index (χ4n) is 1.17. The molecule has 0 saturated heterocycles. The lowest BCUT2D eigenvalue weighted by Gasteiger charge is -2.03. The maximum absolute atomic E-state index is 11.0. The van der Waals surface area contributed by atoms with E-state index in [1.165, 1.54) is 7.11 Å². The summed E-state index contributed by atoms with van der Waals surface area (Å²) in [4.78, 5) is 15.5. The molecule has 0 unspecified atom stereocenters. The molecule has 1 aromatic rings. The molecule has 0 aliphatic rings. The van der Waals surface area contributed by atoms with Gasteiger partial charge in [-0.3, -0.25) is 4.79 Å². The fourth-order valence-corrected chi connectivity index (χ4v) is 1.17. The van der Waals surface area contributed by atoms with Crippen LogP contribution < -0.4 is 5.73 Å². The second-order valence-corrected chi connectivity index (χ2v) is 2.80. The van der Waals surface area contributed by atoms with Crippen LogP contribution in [-0.2, 0) is 4.84 Å². The molecule has 74 valence electrons. The predicted octanol–water partition coefficient (Wildman–Crippen LogP) is 1.07. The van der Waals surface area contributed by atoms with E-state index >= 15 is 0 Å². The number of nitrogens with two attached hydrogens (primary N) is 1. The zero-order valence-electron chi connectivity index (χ0n) is 8.15. The van der Waals surface area contributed by atoms with Crippen LogP contribution in [0.2, 0.25) is 0 Å². The monoisotopic (exact) mass is 192 g/mol. The molecule has 4 nitrogen and oxygen atoms in total. The molecule has 1 rings (SSSR count). The Hall–Kier alpha value is -1.84. The second kappa shape index (κ2) is 4.41. The molecule has 0 bridgehead atoms. The highest BCUT2D eigenvalue weighted by atomic mass is 16.6. The molecule has 0 aliphatic heterocycles. The molecule has 0 aliphatic carbocycles. The van der Waals surface area contributed by atoms with Crippen molar-refractivity contribution in [1.29, 1.82) is 0 Å². The van der Waals surface area contributed by atoms with E-state index in [-0.39, 0.29) is 0 Å². The number of oxime groups is 1. The minimum atomic E-state index is -0.435. The third-order valence-corrected chi connectivity index (χ3v) is 1.94. The molecular weight excluding hydrogens is 180 g/mol. The number of primary amides is 1. The summed E-state index contributed by atoms with van der Waals surface area (Å²) in [7, 11) is 1.46. The van der Waals surface area contributed by atoms with Gasteiger partial charge in [-0.25, -0.2) is 0 Å². The topological polar surface area (TPSA) is 64.7 Å². The van der Waals surface area contributed by atoms with Gasteiger partial charge in [-0.15, -0.1) is 0 Å². The Kier molecular flexibility index (Phi) is 3.23. The van der Waals surface area contributed by atoms with E-state index in [0.717, 1.165) is 11.1 Å². The summed E-state index contributed by atoms with van der Waals surface area (Å²) in [6, 6.07) is 5.27. The lowest BCUT2D eigenvalue weighted by atomic mass is 10.0. The molecule has 0 aromatic heterocycles. The Morgan fingerprint density at radius 1 is 1.57 bits per heavy atom. The average molecular weight is 192 g/mol. The van der Waals surface area contributed by atoms with Gasteiger partial charge in [-0.2, -0.15) is 0 Å². The Labute approximate surface area is 82.4 Å². The van der Waals surface area contributed by atoms with Crippen molar-refractivity contribution in [1.82, 2.24) is 0 Å². The molecule has 4 heteroatoms. The quantitative estimate of drug-likeness (QED) is 0.575. The summed E-state index contributed by atoms with van der Waals surface area (Å²) in [5.74, 6) is -0.435. The van der Waals surface area contributed by atoms with Gasteiger partial charge in [-0.1, -0.05) is 17.3 Å². The van der Waals surface area contributed by atoms with Gasteiger partial charge < -0.3 is 10.6 Å². The summed E-state index contributed by atoms with van der Waals surface area (Å²) < 4.78 is 0. The van der Waals surface area contributed by atoms with E-state index in [1.54, 1.807) is 18.3 Å². The number of carbonyl (C=O) groups excluding carboxylic acids is 1. The van der Waals surface area contributed by atoms with Crippen LogP contribution in [-0.4, -0.2) is 19.2 Å². The third-order valence-electron chi connectivity index (χ3n) is 1.94. The molecular formula is C10H12N2O2. The first-order valence-corrected chi connectivity index (χ1v) is 4.12. The zero-order chi connectivity index (χ0) is 10.6. The largest absolute Gasteiger partial charge is 0.399 e. The summed E-state index contributed by atoms with van der Waals surface area (Å²) in [6.45, 7) is 1.82. The molecule has 0 atom stereocenters. The molecule has 0 radical (unpaired) electrons. The second-order valence-electron chi connectivity index (χ2n) is 2.80. The van der Waals surface area contributed by atoms with E-state index < -0.39 is 5.91 Å². The van der Waals surface area contributed by atoms with Crippen LogP contribution in [0, 0.1) is 6.92 Å². The SMILES string of the molecule is CO/N=C\c1cccc(C(N)=O)c1C. The number of hydrogen-bond acceptors (Lipinski definition) is 3. The van der Waals surface area contributed by atoms with Gasteiger partial charge in [0, 0.05) is 5.56 Å². The van der Waals surface area contributed by atoms with E-state index in [1.807, 2.05) is 13.0 Å². The third kappa shape index (κ3) is 2.10. The highest BCUT2D eigenvalue weighted by Crippen LogP contribution is 2.11. The molecule has 2 N–H and O–H groups in total. The lowest BCUT2D eigenvalue weighted by molar-refractivity contribution is 0.0999. The maximum atomic E-state index is 11.0. The zero-order valence-corrected chi connectivity index (χ0v) is 8.15. The highest BCUT2D eigenvalue weighted by molar-refractivity contribution is 5.97. The Morgan fingerprint density at radius 3 is 2.86 bits per heavy atom. The van der Waals surface area contributed by atoms with Crippen molar-refractivity contribution in [2.75, 3.05) is 7.11 Å². The number of carbonyl (C=O) groups is 1. The summed E-state index contributed by atoms with van der Waals surface area (Å²) in [5, 5.41) is 3.63. The molecule has 14 heavy (non-hydrogen) atoms. The van der Waals surface area contributed by atoms with Gasteiger partial charge in [0.2, 0.25) is 5.91 Å². The predicted molar refractivity (Wildman–Crippen MR) is 54.3 cm³/mol. The Bertz CT molecular complexity index is 372. The highest BCUT2D eigenvalue weighted by Gasteiger charge is 2.06. The van der Waals surface area contributed by atoms with Gasteiger partial charge >= 0.3 is 0 Å². The number of hydrogen-bond donors (Lipinski definition) is 1. The molecule has 0 heterocycles. The molecule has 1 amide bonds. The molecule has 0 fully saturated rings. The number of rotatable bonds is 3. The number of nitrogens with zero attached hydrogens (tertiary/aromatic N) is 1. The van der Waals surface area contributed by atoms with Gasteiger partial charge in [-0.05, 0) is 24.1 Å². The van der Waals surface area contributed by atoms with Crippen LogP contribution in [0.15, 0.2) is 23.4 Å². The van der Waals surface area contributed by atoms with Crippen LogP contribution in [0.4, 0.5) is 0 Å². The average Bonchev–Trinajstić information content (AvgIpc) is 2.16. The minimum Gasteiger partial charge on any atom is -0.399 e.